The van der Waals surface area contributed by atoms with Crippen LogP contribution >= 0.6 is 11.6 Å². The van der Waals surface area contributed by atoms with Crippen LogP contribution in [0.1, 0.15) is 25.3 Å². The second-order valence-electron chi connectivity index (χ2n) is 3.23. The minimum atomic E-state index is -0.235. The molecule has 0 unspecified atom stereocenters. The highest BCUT2D eigenvalue weighted by Gasteiger charge is 2.05. The van der Waals surface area contributed by atoms with Crippen molar-refractivity contribution in [3.63, 3.8) is 0 Å². The van der Waals surface area contributed by atoms with Crippen molar-refractivity contribution in [3.05, 3.63) is 34.6 Å². The van der Waals surface area contributed by atoms with E-state index in [9.17, 15) is 4.39 Å². The molecule has 0 saturated heterocycles. The predicted molar refractivity (Wildman–Crippen MR) is 58.0 cm³/mol. The van der Waals surface area contributed by atoms with Crippen molar-refractivity contribution in [1.82, 2.24) is 5.32 Å². The Morgan fingerprint density at radius 1 is 1.43 bits per heavy atom. The van der Waals surface area contributed by atoms with Gasteiger partial charge < -0.3 is 5.32 Å². The molecule has 0 aliphatic rings. The van der Waals surface area contributed by atoms with Gasteiger partial charge >= 0.3 is 0 Å². The highest BCUT2D eigenvalue weighted by atomic mass is 35.5. The fourth-order valence-electron chi connectivity index (χ4n) is 1.22. The fourth-order valence-corrected chi connectivity index (χ4v) is 1.45. The van der Waals surface area contributed by atoms with Gasteiger partial charge in [-0.1, -0.05) is 31.0 Å². The van der Waals surface area contributed by atoms with E-state index in [0.29, 0.717) is 17.1 Å². The molecular formula is C11H15ClFN. The Kier molecular flexibility index (Phi) is 4.91. The Bertz CT molecular complexity index is 268. The van der Waals surface area contributed by atoms with Gasteiger partial charge in [0.15, 0.2) is 0 Å². The number of hydrogen-bond donors (Lipinski definition) is 1. The molecule has 0 amide bonds. The average molecular weight is 216 g/mol. The van der Waals surface area contributed by atoms with Gasteiger partial charge in [-0.2, -0.15) is 0 Å². The molecule has 1 aromatic carbocycles. The van der Waals surface area contributed by atoms with Gasteiger partial charge in [-0.15, -0.1) is 0 Å². The molecule has 0 bridgehead atoms. The largest absolute Gasteiger partial charge is 0.313 e. The summed E-state index contributed by atoms with van der Waals surface area (Å²) in [5.41, 5.74) is 0.560. The molecule has 0 aromatic heterocycles. The van der Waals surface area contributed by atoms with Crippen LogP contribution in [0.4, 0.5) is 4.39 Å². The van der Waals surface area contributed by atoms with Crippen molar-refractivity contribution in [2.45, 2.75) is 26.3 Å². The minimum absolute atomic E-state index is 0.235. The summed E-state index contributed by atoms with van der Waals surface area (Å²) in [4.78, 5) is 0. The van der Waals surface area contributed by atoms with Crippen LogP contribution in [0.2, 0.25) is 5.02 Å². The third-order valence-corrected chi connectivity index (χ3v) is 2.42. The molecule has 0 radical (unpaired) electrons. The Morgan fingerprint density at radius 2 is 2.21 bits per heavy atom. The number of benzene rings is 1. The van der Waals surface area contributed by atoms with Crippen molar-refractivity contribution in [2.75, 3.05) is 6.54 Å². The summed E-state index contributed by atoms with van der Waals surface area (Å²) in [5.74, 6) is -0.235. The van der Waals surface area contributed by atoms with Crippen LogP contribution in [0, 0.1) is 5.82 Å². The molecule has 0 saturated carbocycles. The maximum atomic E-state index is 13.2. The summed E-state index contributed by atoms with van der Waals surface area (Å²) >= 11 is 5.86. The minimum Gasteiger partial charge on any atom is -0.313 e. The van der Waals surface area contributed by atoms with Crippen LogP contribution in [-0.4, -0.2) is 6.54 Å². The summed E-state index contributed by atoms with van der Waals surface area (Å²) in [6, 6.07) is 4.76. The van der Waals surface area contributed by atoms with Crippen LogP contribution in [0.3, 0.4) is 0 Å². The molecular weight excluding hydrogens is 201 g/mol. The molecule has 0 aliphatic carbocycles. The van der Waals surface area contributed by atoms with Gasteiger partial charge in [-0.3, -0.25) is 0 Å². The number of unbranched alkanes of at least 4 members (excludes halogenated alkanes) is 1. The zero-order valence-corrected chi connectivity index (χ0v) is 9.07. The fraction of sp³-hybridized carbons (Fsp3) is 0.455. The standard InChI is InChI=1S/C11H15ClFN/c1-2-3-7-14-8-9-10(12)5-4-6-11(9)13/h4-6,14H,2-3,7-8H2,1H3. The lowest BCUT2D eigenvalue weighted by atomic mass is 10.2. The monoisotopic (exact) mass is 215 g/mol. The molecule has 0 heterocycles. The van der Waals surface area contributed by atoms with E-state index in [4.69, 9.17) is 11.6 Å². The van der Waals surface area contributed by atoms with Gasteiger partial charge in [-0.05, 0) is 25.1 Å². The maximum absolute atomic E-state index is 13.2. The Hall–Kier alpha value is -0.600. The molecule has 3 heteroatoms. The molecule has 1 nitrogen and oxygen atoms in total. The van der Waals surface area contributed by atoms with Gasteiger partial charge in [0.1, 0.15) is 5.82 Å². The van der Waals surface area contributed by atoms with Gasteiger partial charge in [0.25, 0.3) is 0 Å². The van der Waals surface area contributed by atoms with Gasteiger partial charge in [0, 0.05) is 17.1 Å². The Balaban J connectivity index is 2.49. The average Bonchev–Trinajstić information content (AvgIpc) is 2.16. The first-order valence-electron chi connectivity index (χ1n) is 4.89. The number of rotatable bonds is 5. The van der Waals surface area contributed by atoms with Crippen LogP contribution in [0.5, 0.6) is 0 Å². The second-order valence-corrected chi connectivity index (χ2v) is 3.64. The van der Waals surface area contributed by atoms with E-state index < -0.39 is 0 Å². The van der Waals surface area contributed by atoms with E-state index in [-0.39, 0.29) is 5.82 Å². The first-order valence-corrected chi connectivity index (χ1v) is 5.27. The van der Waals surface area contributed by atoms with Gasteiger partial charge in [-0.25, -0.2) is 4.39 Å². The number of halogens is 2. The van der Waals surface area contributed by atoms with Crippen LogP contribution in [-0.2, 0) is 6.54 Å². The summed E-state index contributed by atoms with van der Waals surface area (Å²) < 4.78 is 13.2. The maximum Gasteiger partial charge on any atom is 0.129 e. The molecule has 1 aromatic rings. The predicted octanol–water partition coefficient (Wildman–Crippen LogP) is 3.37. The number of nitrogens with one attached hydrogen (secondary N) is 1. The molecule has 0 aliphatic heterocycles. The zero-order chi connectivity index (χ0) is 10.4. The van der Waals surface area contributed by atoms with E-state index in [1.165, 1.54) is 6.07 Å². The van der Waals surface area contributed by atoms with Crippen LogP contribution < -0.4 is 5.32 Å². The third kappa shape index (κ3) is 3.28. The zero-order valence-electron chi connectivity index (χ0n) is 8.32. The van der Waals surface area contributed by atoms with E-state index in [2.05, 4.69) is 12.2 Å². The van der Waals surface area contributed by atoms with Crippen molar-refractivity contribution < 1.29 is 4.39 Å². The third-order valence-electron chi connectivity index (χ3n) is 2.07. The smallest absolute Gasteiger partial charge is 0.129 e. The molecule has 14 heavy (non-hydrogen) atoms. The first kappa shape index (κ1) is 11.5. The van der Waals surface area contributed by atoms with E-state index in [0.717, 1.165) is 19.4 Å². The summed E-state index contributed by atoms with van der Waals surface area (Å²) in [7, 11) is 0. The summed E-state index contributed by atoms with van der Waals surface area (Å²) in [6.07, 6.45) is 2.24. The SMILES string of the molecule is CCCCNCc1c(F)cccc1Cl. The summed E-state index contributed by atoms with van der Waals surface area (Å²) in [5, 5.41) is 3.65. The molecule has 1 N–H and O–H groups in total. The van der Waals surface area contributed by atoms with E-state index in [1.807, 2.05) is 0 Å². The Labute approximate surface area is 89.3 Å². The van der Waals surface area contributed by atoms with Crippen LogP contribution in [0.25, 0.3) is 0 Å². The molecule has 78 valence electrons. The summed E-state index contributed by atoms with van der Waals surface area (Å²) in [6.45, 7) is 3.53. The lowest BCUT2D eigenvalue weighted by molar-refractivity contribution is 0.580. The molecule has 0 spiro atoms. The normalized spacial score (nSPS) is 10.5. The lowest BCUT2D eigenvalue weighted by Crippen LogP contribution is -2.15. The number of hydrogen-bond acceptors (Lipinski definition) is 1. The molecule has 0 fully saturated rings. The van der Waals surface area contributed by atoms with Gasteiger partial charge in [0.05, 0.1) is 0 Å². The van der Waals surface area contributed by atoms with Gasteiger partial charge in [0.2, 0.25) is 0 Å². The van der Waals surface area contributed by atoms with Crippen molar-refractivity contribution in [2.24, 2.45) is 0 Å². The molecule has 0 atom stereocenters. The molecule has 1 rings (SSSR count). The van der Waals surface area contributed by atoms with Crippen molar-refractivity contribution in [3.8, 4) is 0 Å². The van der Waals surface area contributed by atoms with E-state index >= 15 is 0 Å². The topological polar surface area (TPSA) is 12.0 Å². The lowest BCUT2D eigenvalue weighted by Gasteiger charge is -2.06. The first-order chi connectivity index (χ1) is 6.75. The van der Waals surface area contributed by atoms with Crippen LogP contribution in [0.15, 0.2) is 18.2 Å². The second kappa shape index (κ2) is 5.99. The highest BCUT2D eigenvalue weighted by Crippen LogP contribution is 2.18. The van der Waals surface area contributed by atoms with Crippen molar-refractivity contribution >= 4 is 11.6 Å². The van der Waals surface area contributed by atoms with Crippen molar-refractivity contribution in [1.29, 1.82) is 0 Å². The quantitative estimate of drug-likeness (QED) is 0.743. The van der Waals surface area contributed by atoms with E-state index in [1.54, 1.807) is 12.1 Å². The Morgan fingerprint density at radius 3 is 2.86 bits per heavy atom. The highest BCUT2D eigenvalue weighted by molar-refractivity contribution is 6.31.